The van der Waals surface area contributed by atoms with Gasteiger partial charge >= 0.3 is 0 Å². The fraction of sp³-hybridized carbons (Fsp3) is 0.586. The standard InChI is InChI=1S/C29H44ClN5S2Si/c1-20(2)38(21(3)4,22(5)6)37-24-10-9-23-17-27(36-26(23)18-24)28-25(30)19-32-29(33-28)31-11-8-12-35-15-13-34(7)14-16-35/h9-10,17-22H,8,11-16H2,1-7H3,(H,31,32,33). The lowest BCUT2D eigenvalue weighted by molar-refractivity contribution is 0.154. The van der Waals surface area contributed by atoms with Gasteiger partial charge < -0.3 is 15.1 Å². The van der Waals surface area contributed by atoms with Crippen molar-refractivity contribution in [2.45, 2.75) is 69.5 Å². The van der Waals surface area contributed by atoms with Crippen LogP contribution in [0.5, 0.6) is 0 Å². The predicted octanol–water partition coefficient (Wildman–Crippen LogP) is 8.33. The van der Waals surface area contributed by atoms with Gasteiger partial charge in [0.05, 0.1) is 16.1 Å². The molecule has 0 saturated carbocycles. The molecule has 1 saturated heterocycles. The molecule has 0 atom stereocenters. The van der Waals surface area contributed by atoms with Crippen LogP contribution in [0.25, 0.3) is 20.7 Å². The Hall–Kier alpha value is -1.16. The van der Waals surface area contributed by atoms with Crippen LogP contribution in [-0.4, -0.2) is 73.3 Å². The summed E-state index contributed by atoms with van der Waals surface area (Å²) in [5, 5.41) is 5.26. The fourth-order valence-electron chi connectivity index (χ4n) is 5.95. The Labute approximate surface area is 243 Å². The molecule has 1 N–H and O–H groups in total. The zero-order valence-corrected chi connectivity index (χ0v) is 27.4. The van der Waals surface area contributed by atoms with Crippen molar-refractivity contribution >= 4 is 57.4 Å². The van der Waals surface area contributed by atoms with Crippen LogP contribution in [-0.2, 0) is 0 Å². The van der Waals surface area contributed by atoms with Crippen molar-refractivity contribution in [1.29, 1.82) is 0 Å². The second-order valence-electron chi connectivity index (χ2n) is 11.5. The van der Waals surface area contributed by atoms with Crippen molar-refractivity contribution in [2.24, 2.45) is 0 Å². The Kier molecular flexibility index (Phi) is 10.2. The third-order valence-corrected chi connectivity index (χ3v) is 21.6. The Morgan fingerprint density at radius 3 is 2.37 bits per heavy atom. The maximum absolute atomic E-state index is 6.60. The van der Waals surface area contributed by atoms with E-state index in [1.807, 2.05) is 0 Å². The van der Waals surface area contributed by atoms with Gasteiger partial charge in [-0.05, 0) is 60.2 Å². The first-order valence-corrected chi connectivity index (χ1v) is 19.0. The predicted molar refractivity (Wildman–Crippen MR) is 172 cm³/mol. The van der Waals surface area contributed by atoms with Crippen molar-refractivity contribution in [3.8, 4) is 10.6 Å². The molecule has 0 spiro atoms. The summed E-state index contributed by atoms with van der Waals surface area (Å²) >= 11 is 10.6. The van der Waals surface area contributed by atoms with E-state index in [9.17, 15) is 0 Å². The second kappa shape index (κ2) is 13.0. The third-order valence-electron chi connectivity index (χ3n) is 8.00. The summed E-state index contributed by atoms with van der Waals surface area (Å²) in [7, 11) is 0.602. The van der Waals surface area contributed by atoms with Gasteiger partial charge in [0.2, 0.25) is 5.95 Å². The molecule has 5 nitrogen and oxygen atoms in total. The van der Waals surface area contributed by atoms with Gasteiger partial charge in [0.25, 0.3) is 0 Å². The number of fused-ring (bicyclic) bond motifs is 1. The Morgan fingerprint density at radius 2 is 1.71 bits per heavy atom. The number of benzene rings is 1. The molecule has 9 heteroatoms. The number of nitrogens with one attached hydrogen (secondary N) is 1. The van der Waals surface area contributed by atoms with E-state index in [1.54, 1.807) is 17.5 Å². The first-order chi connectivity index (χ1) is 18.1. The van der Waals surface area contributed by atoms with Crippen LogP contribution in [0, 0.1) is 0 Å². The second-order valence-corrected chi connectivity index (χ2v) is 21.6. The monoisotopic (exact) mass is 589 g/mol. The van der Waals surface area contributed by atoms with Gasteiger partial charge in [0.1, 0.15) is 12.9 Å². The molecule has 0 unspecified atom stereocenters. The molecule has 208 valence electrons. The fourth-order valence-corrected chi connectivity index (χ4v) is 16.5. The highest BCUT2D eigenvalue weighted by Crippen LogP contribution is 2.52. The summed E-state index contributed by atoms with van der Waals surface area (Å²) in [4.78, 5) is 16.7. The summed E-state index contributed by atoms with van der Waals surface area (Å²) in [6.07, 6.45) is 2.80. The molecule has 0 aliphatic carbocycles. The zero-order valence-electron chi connectivity index (χ0n) is 24.1. The SMILES string of the molecule is CC(C)[Si](Sc1ccc2cc(-c3nc(NCCCN4CCN(C)CC4)ncc3Cl)sc2c1)(C(C)C)C(C)C. The highest BCUT2D eigenvalue weighted by atomic mass is 35.5. The van der Waals surface area contributed by atoms with Crippen molar-refractivity contribution in [3.63, 3.8) is 0 Å². The highest BCUT2D eigenvalue weighted by molar-refractivity contribution is 8.29. The van der Waals surface area contributed by atoms with Crippen molar-refractivity contribution in [1.82, 2.24) is 19.8 Å². The van der Waals surface area contributed by atoms with Gasteiger partial charge in [0.15, 0.2) is 0 Å². The number of likely N-dealkylation sites (N-methyl/N-ethyl adjacent to an activating group) is 1. The first kappa shape index (κ1) is 29.8. The largest absolute Gasteiger partial charge is 0.354 e. The number of piperazine rings is 1. The molecule has 1 fully saturated rings. The number of anilines is 1. The topological polar surface area (TPSA) is 44.3 Å². The van der Waals surface area contributed by atoms with Crippen LogP contribution in [0.2, 0.25) is 21.6 Å². The maximum atomic E-state index is 6.60. The molecule has 1 aliphatic heterocycles. The first-order valence-electron chi connectivity index (χ1n) is 14.0. The lowest BCUT2D eigenvalue weighted by Gasteiger charge is -2.42. The number of hydrogen-bond acceptors (Lipinski definition) is 7. The van der Waals surface area contributed by atoms with E-state index in [1.165, 1.54) is 15.0 Å². The van der Waals surface area contributed by atoms with Gasteiger partial charge in [-0.15, -0.1) is 11.3 Å². The highest BCUT2D eigenvalue weighted by Gasteiger charge is 2.44. The van der Waals surface area contributed by atoms with Gasteiger partial charge in [0, 0.05) is 42.3 Å². The van der Waals surface area contributed by atoms with E-state index in [0.717, 1.165) is 72.9 Å². The summed E-state index contributed by atoms with van der Waals surface area (Å²) in [5.74, 6) is 0.651. The van der Waals surface area contributed by atoms with E-state index in [2.05, 4.69) is 104 Å². The van der Waals surface area contributed by atoms with Gasteiger partial charge in [-0.1, -0.05) is 59.2 Å². The Bertz CT molecular complexity index is 1190. The summed E-state index contributed by atoms with van der Waals surface area (Å²) in [5.41, 5.74) is 2.96. The smallest absolute Gasteiger partial charge is 0.223 e. The molecular formula is C29H44ClN5S2Si. The van der Waals surface area contributed by atoms with Crippen molar-refractivity contribution in [3.05, 3.63) is 35.5 Å². The third kappa shape index (κ3) is 6.76. The lowest BCUT2D eigenvalue weighted by Crippen LogP contribution is -2.44. The molecule has 1 aromatic carbocycles. The van der Waals surface area contributed by atoms with Crippen LogP contribution >= 0.6 is 34.1 Å². The number of nitrogens with zero attached hydrogens (tertiary/aromatic N) is 4. The minimum Gasteiger partial charge on any atom is -0.354 e. The molecule has 2 aromatic heterocycles. The maximum Gasteiger partial charge on any atom is 0.223 e. The molecule has 3 aromatic rings. The van der Waals surface area contributed by atoms with Crippen molar-refractivity contribution in [2.75, 3.05) is 51.6 Å². The summed E-state index contributed by atoms with van der Waals surface area (Å²) < 4.78 is 1.29. The number of halogens is 1. The molecule has 38 heavy (non-hydrogen) atoms. The summed E-state index contributed by atoms with van der Waals surface area (Å²) in [6, 6.07) is 9.19. The van der Waals surface area contributed by atoms with Crippen LogP contribution in [0.4, 0.5) is 5.95 Å². The van der Waals surface area contributed by atoms with Gasteiger partial charge in [-0.2, -0.15) is 11.2 Å². The molecule has 3 heterocycles. The van der Waals surface area contributed by atoms with E-state index in [-0.39, 0.29) is 0 Å². The molecular weight excluding hydrogens is 546 g/mol. The number of thiophene rings is 1. The van der Waals surface area contributed by atoms with E-state index < -0.39 is 7.22 Å². The van der Waals surface area contributed by atoms with Gasteiger partial charge in [-0.3, -0.25) is 0 Å². The average molecular weight is 590 g/mol. The van der Waals surface area contributed by atoms with Crippen LogP contribution in [0.3, 0.4) is 0 Å². The minimum absolute atomic E-state index is 0.597. The normalized spacial score (nSPS) is 15.9. The van der Waals surface area contributed by atoms with E-state index in [4.69, 9.17) is 16.6 Å². The molecule has 0 radical (unpaired) electrons. The number of aromatic nitrogens is 2. The number of hydrogen-bond donors (Lipinski definition) is 1. The molecule has 0 amide bonds. The van der Waals surface area contributed by atoms with Crippen molar-refractivity contribution < 1.29 is 0 Å². The quantitative estimate of drug-likeness (QED) is 0.179. The minimum atomic E-state index is -1.59. The molecule has 0 bridgehead atoms. The lowest BCUT2D eigenvalue weighted by atomic mass is 10.2. The molecule has 4 rings (SSSR count). The zero-order chi connectivity index (χ0) is 27.4. The summed E-state index contributed by atoms with van der Waals surface area (Å²) in [6.45, 7) is 21.1. The van der Waals surface area contributed by atoms with E-state index >= 15 is 0 Å². The Balaban J connectivity index is 1.47. The van der Waals surface area contributed by atoms with Crippen LogP contribution < -0.4 is 5.32 Å². The van der Waals surface area contributed by atoms with Gasteiger partial charge in [-0.25, -0.2) is 9.97 Å². The number of rotatable bonds is 11. The van der Waals surface area contributed by atoms with E-state index in [0.29, 0.717) is 11.0 Å². The van der Waals surface area contributed by atoms with Crippen LogP contribution in [0.15, 0.2) is 35.4 Å². The van der Waals surface area contributed by atoms with Crippen LogP contribution in [0.1, 0.15) is 48.0 Å². The Morgan fingerprint density at radius 1 is 1.03 bits per heavy atom. The average Bonchev–Trinajstić information content (AvgIpc) is 3.29. The molecule has 1 aliphatic rings.